The van der Waals surface area contributed by atoms with Gasteiger partial charge in [-0.05, 0) is 39.0 Å². The van der Waals surface area contributed by atoms with Crippen LogP contribution in [0.4, 0.5) is 0 Å². The molecule has 2 aliphatic rings. The van der Waals surface area contributed by atoms with Crippen molar-refractivity contribution >= 4 is 10.5 Å². The van der Waals surface area contributed by atoms with E-state index in [4.69, 9.17) is 9.16 Å². The zero-order valence-electron chi connectivity index (χ0n) is 8.17. The number of epoxide rings is 1. The number of hydrogen-bond donors (Lipinski definition) is 0. The van der Waals surface area contributed by atoms with Gasteiger partial charge >= 0.3 is 0 Å². The van der Waals surface area contributed by atoms with Gasteiger partial charge in [0.15, 0.2) is 0 Å². The topological polar surface area (TPSA) is 21.8 Å². The molecule has 3 unspecified atom stereocenters. The summed E-state index contributed by atoms with van der Waals surface area (Å²) >= 11 is 0. The number of ether oxygens (including phenoxy) is 1. The predicted molar refractivity (Wildman–Crippen MR) is 51.1 cm³/mol. The lowest BCUT2D eigenvalue weighted by atomic mass is 9.79. The molecule has 3 atom stereocenters. The molecule has 0 aromatic heterocycles. The average molecular weight is 186 g/mol. The first-order valence-electron chi connectivity index (χ1n) is 4.84. The smallest absolute Gasteiger partial charge is 0.146 e. The lowest BCUT2D eigenvalue weighted by molar-refractivity contribution is 0.0369. The van der Waals surface area contributed by atoms with Crippen LogP contribution in [0, 0.1) is 5.92 Å². The largest absolute Gasteiger partial charge is 0.423 e. The summed E-state index contributed by atoms with van der Waals surface area (Å²) in [7, 11) is 0.847. The normalized spacial score (nSPS) is 41.0. The summed E-state index contributed by atoms with van der Waals surface area (Å²) in [4.78, 5) is 0. The van der Waals surface area contributed by atoms with Crippen LogP contribution in [0.1, 0.15) is 33.1 Å². The van der Waals surface area contributed by atoms with Gasteiger partial charge in [-0.2, -0.15) is 0 Å². The molecule has 3 heteroatoms. The third-order valence-electron chi connectivity index (χ3n) is 3.51. The minimum atomic E-state index is 0.100. The molecular formula is C9H18O2Si. The van der Waals surface area contributed by atoms with Gasteiger partial charge < -0.3 is 9.16 Å². The number of fused-ring (bicyclic) bond motifs is 1. The van der Waals surface area contributed by atoms with Crippen LogP contribution >= 0.6 is 0 Å². The number of hydrogen-bond acceptors (Lipinski definition) is 2. The van der Waals surface area contributed by atoms with Crippen LogP contribution in [-0.4, -0.2) is 28.3 Å². The predicted octanol–water partition coefficient (Wildman–Crippen LogP) is 0.629. The number of rotatable bonds is 2. The van der Waals surface area contributed by atoms with Crippen molar-refractivity contribution in [3.05, 3.63) is 0 Å². The second-order valence-corrected chi connectivity index (χ2v) is 4.94. The highest BCUT2D eigenvalue weighted by molar-refractivity contribution is 5.98. The van der Waals surface area contributed by atoms with Crippen LogP contribution in [-0.2, 0) is 9.16 Å². The van der Waals surface area contributed by atoms with Crippen molar-refractivity contribution in [1.82, 2.24) is 0 Å². The highest BCUT2D eigenvalue weighted by atomic mass is 28.2. The van der Waals surface area contributed by atoms with E-state index in [9.17, 15) is 0 Å². The fourth-order valence-electron chi connectivity index (χ4n) is 2.20. The molecule has 0 aromatic rings. The van der Waals surface area contributed by atoms with Crippen LogP contribution < -0.4 is 0 Å². The summed E-state index contributed by atoms with van der Waals surface area (Å²) in [5.74, 6) is 0.721. The molecule has 0 spiro atoms. The van der Waals surface area contributed by atoms with E-state index >= 15 is 0 Å². The summed E-state index contributed by atoms with van der Waals surface area (Å²) in [5, 5.41) is 0. The molecule has 0 aromatic carbocycles. The minimum absolute atomic E-state index is 0.100. The van der Waals surface area contributed by atoms with Crippen molar-refractivity contribution < 1.29 is 9.16 Å². The molecule has 1 saturated carbocycles. The van der Waals surface area contributed by atoms with E-state index in [1.165, 1.54) is 19.3 Å². The van der Waals surface area contributed by atoms with Gasteiger partial charge in [0.1, 0.15) is 10.5 Å². The maximum absolute atomic E-state index is 5.63. The molecule has 0 radical (unpaired) electrons. The van der Waals surface area contributed by atoms with E-state index in [1.807, 2.05) is 0 Å². The van der Waals surface area contributed by atoms with E-state index in [-0.39, 0.29) is 5.60 Å². The molecule has 1 heterocycles. The fourth-order valence-corrected chi connectivity index (χ4v) is 2.54. The minimum Gasteiger partial charge on any atom is -0.423 e. The molecule has 1 aliphatic carbocycles. The fraction of sp³-hybridized carbons (Fsp3) is 1.00. The second kappa shape index (κ2) is 2.82. The van der Waals surface area contributed by atoms with Crippen molar-refractivity contribution in [2.24, 2.45) is 5.92 Å². The van der Waals surface area contributed by atoms with E-state index < -0.39 is 0 Å². The highest BCUT2D eigenvalue weighted by Crippen LogP contribution is 2.43. The van der Waals surface area contributed by atoms with E-state index in [2.05, 4.69) is 13.8 Å². The maximum Gasteiger partial charge on any atom is 0.146 e. The summed E-state index contributed by atoms with van der Waals surface area (Å²) in [6, 6.07) is 0. The SMILES string of the molecule is CC(C)(O[SiH3])C1CCC2OC2C1. The maximum atomic E-state index is 5.63. The van der Waals surface area contributed by atoms with Gasteiger partial charge in [0, 0.05) is 0 Å². The molecule has 1 saturated heterocycles. The molecule has 1 aliphatic heterocycles. The molecule has 0 amide bonds. The van der Waals surface area contributed by atoms with Crippen molar-refractivity contribution in [2.45, 2.75) is 50.9 Å². The third-order valence-corrected chi connectivity index (χ3v) is 4.57. The van der Waals surface area contributed by atoms with E-state index in [1.54, 1.807) is 0 Å². The molecule has 0 N–H and O–H groups in total. The Kier molecular flexibility index (Phi) is 2.05. The summed E-state index contributed by atoms with van der Waals surface area (Å²) < 4.78 is 11.1. The summed E-state index contributed by atoms with van der Waals surface area (Å²) in [6.45, 7) is 4.43. The molecule has 2 nitrogen and oxygen atoms in total. The Bertz CT molecular complexity index is 181. The van der Waals surface area contributed by atoms with Crippen molar-refractivity contribution in [2.75, 3.05) is 0 Å². The molecule has 70 valence electrons. The summed E-state index contributed by atoms with van der Waals surface area (Å²) in [6.07, 6.45) is 4.96. The first-order valence-corrected chi connectivity index (χ1v) is 5.66. The standard InChI is InChI=1S/C9H18O2Si/c1-9(2,11-12)6-3-4-7-8(5-6)10-7/h6-8H,3-5H2,1-2,12H3. The molecule has 2 fully saturated rings. The average Bonchev–Trinajstić information content (AvgIpc) is 2.81. The van der Waals surface area contributed by atoms with Crippen molar-refractivity contribution in [1.29, 1.82) is 0 Å². The first kappa shape index (κ1) is 8.72. The Morgan fingerprint density at radius 1 is 1.33 bits per heavy atom. The van der Waals surface area contributed by atoms with Crippen molar-refractivity contribution in [3.8, 4) is 0 Å². The Morgan fingerprint density at radius 3 is 2.67 bits per heavy atom. The highest BCUT2D eigenvalue weighted by Gasteiger charge is 2.47. The van der Waals surface area contributed by atoms with Gasteiger partial charge in [-0.15, -0.1) is 0 Å². The lowest BCUT2D eigenvalue weighted by Crippen LogP contribution is -2.36. The summed E-state index contributed by atoms with van der Waals surface area (Å²) in [5.41, 5.74) is 0.100. The first-order chi connectivity index (χ1) is 5.63. The van der Waals surface area contributed by atoms with Gasteiger partial charge in [0.2, 0.25) is 0 Å². The Morgan fingerprint density at radius 2 is 2.08 bits per heavy atom. The molecule has 12 heavy (non-hydrogen) atoms. The Balaban J connectivity index is 1.95. The lowest BCUT2D eigenvalue weighted by Gasteiger charge is -2.35. The van der Waals surface area contributed by atoms with Crippen LogP contribution in [0.15, 0.2) is 0 Å². The van der Waals surface area contributed by atoms with Crippen molar-refractivity contribution in [3.63, 3.8) is 0 Å². The second-order valence-electron chi connectivity index (χ2n) is 4.53. The quantitative estimate of drug-likeness (QED) is 0.466. The zero-order chi connectivity index (χ0) is 8.77. The van der Waals surface area contributed by atoms with Gasteiger partial charge in [-0.1, -0.05) is 0 Å². The van der Waals surface area contributed by atoms with Gasteiger partial charge in [-0.25, -0.2) is 0 Å². The van der Waals surface area contributed by atoms with Crippen LogP contribution in [0.5, 0.6) is 0 Å². The van der Waals surface area contributed by atoms with E-state index in [0.29, 0.717) is 12.2 Å². The van der Waals surface area contributed by atoms with Gasteiger partial charge in [0.05, 0.1) is 17.8 Å². The molecule has 0 bridgehead atoms. The molecular weight excluding hydrogens is 168 g/mol. The van der Waals surface area contributed by atoms with Gasteiger partial charge in [-0.3, -0.25) is 0 Å². The Labute approximate surface area is 77.2 Å². The zero-order valence-corrected chi connectivity index (χ0v) is 10.2. The van der Waals surface area contributed by atoms with Crippen LogP contribution in [0.25, 0.3) is 0 Å². The molecule has 2 rings (SSSR count). The Hall–Kier alpha value is 0.137. The monoisotopic (exact) mass is 186 g/mol. The van der Waals surface area contributed by atoms with Gasteiger partial charge in [0.25, 0.3) is 0 Å². The van der Waals surface area contributed by atoms with E-state index in [0.717, 1.165) is 16.4 Å². The van der Waals surface area contributed by atoms with Crippen LogP contribution in [0.2, 0.25) is 0 Å². The third kappa shape index (κ3) is 1.45. The van der Waals surface area contributed by atoms with Crippen LogP contribution in [0.3, 0.4) is 0 Å².